The fourth-order valence-corrected chi connectivity index (χ4v) is 2.61. The van der Waals surface area contributed by atoms with E-state index >= 15 is 0 Å². The molecule has 0 bridgehead atoms. The van der Waals surface area contributed by atoms with Crippen molar-refractivity contribution in [1.29, 1.82) is 0 Å². The number of methoxy groups -OCH3 is 1. The van der Waals surface area contributed by atoms with Crippen molar-refractivity contribution in [1.82, 2.24) is 19.6 Å². The summed E-state index contributed by atoms with van der Waals surface area (Å²) < 4.78 is 6.68. The van der Waals surface area contributed by atoms with Crippen LogP contribution in [0.1, 0.15) is 0 Å². The first-order valence-electron chi connectivity index (χ1n) is 6.66. The molecule has 0 aliphatic heterocycles. The van der Waals surface area contributed by atoms with Crippen LogP contribution in [0.4, 0.5) is 5.69 Å². The second kappa shape index (κ2) is 6.53. The number of carbonyl (C=O) groups excluding carboxylic acids is 1. The van der Waals surface area contributed by atoms with Gasteiger partial charge in [-0.05, 0) is 24.3 Å². The Balaban J connectivity index is 1.62. The second-order valence-electron chi connectivity index (χ2n) is 4.55. The van der Waals surface area contributed by atoms with Crippen molar-refractivity contribution < 1.29 is 9.53 Å². The van der Waals surface area contributed by atoms with Crippen molar-refractivity contribution in [2.45, 2.75) is 5.16 Å². The van der Waals surface area contributed by atoms with Crippen LogP contribution in [0.3, 0.4) is 0 Å². The number of benzene rings is 1. The Labute approximate surface area is 134 Å². The first-order valence-corrected chi connectivity index (χ1v) is 7.65. The highest BCUT2D eigenvalue weighted by molar-refractivity contribution is 7.99. The molecule has 0 atom stereocenters. The lowest BCUT2D eigenvalue weighted by molar-refractivity contribution is -0.113. The van der Waals surface area contributed by atoms with E-state index in [-0.39, 0.29) is 17.2 Å². The van der Waals surface area contributed by atoms with Gasteiger partial charge < -0.3 is 10.1 Å². The minimum atomic E-state index is -0.251. The Bertz CT molecular complexity index is 887. The van der Waals surface area contributed by atoms with E-state index in [1.54, 1.807) is 42.0 Å². The van der Waals surface area contributed by atoms with E-state index in [1.807, 2.05) is 0 Å². The molecule has 3 rings (SSSR count). The molecule has 9 heteroatoms. The molecular formula is C14H13N5O3S. The van der Waals surface area contributed by atoms with Gasteiger partial charge in [-0.15, -0.1) is 10.2 Å². The van der Waals surface area contributed by atoms with Crippen molar-refractivity contribution >= 4 is 29.1 Å². The molecule has 118 valence electrons. The lowest BCUT2D eigenvalue weighted by Crippen LogP contribution is -2.14. The fraction of sp³-hybridized carbons (Fsp3) is 0.143. The van der Waals surface area contributed by atoms with Gasteiger partial charge in [0.05, 0.1) is 12.9 Å². The summed E-state index contributed by atoms with van der Waals surface area (Å²) in [5.74, 6) is 1.07. The maximum atomic E-state index is 12.0. The highest BCUT2D eigenvalue weighted by Gasteiger charge is 2.10. The molecule has 1 aromatic carbocycles. The standard InChI is InChI=1S/C14H13N5O3S/c1-22-10-4-2-9(3-5-10)15-12(21)8-23-14-18-17-13-16-11(20)6-7-19(13)14/h2-7H,8H2,1H3,(H,15,21)(H,16,17,20). The molecule has 0 saturated heterocycles. The number of carbonyl (C=O) groups is 1. The number of hydrogen-bond donors (Lipinski definition) is 2. The Morgan fingerprint density at radius 3 is 2.83 bits per heavy atom. The highest BCUT2D eigenvalue weighted by Crippen LogP contribution is 2.17. The quantitative estimate of drug-likeness (QED) is 0.680. The summed E-state index contributed by atoms with van der Waals surface area (Å²) >= 11 is 1.23. The molecule has 0 aliphatic rings. The molecule has 0 aliphatic carbocycles. The summed E-state index contributed by atoms with van der Waals surface area (Å²) in [6, 6.07) is 8.44. The van der Waals surface area contributed by atoms with Crippen LogP contribution in [-0.2, 0) is 4.79 Å². The van der Waals surface area contributed by atoms with Crippen molar-refractivity contribution in [3.63, 3.8) is 0 Å². The maximum Gasteiger partial charge on any atom is 0.252 e. The predicted molar refractivity (Wildman–Crippen MR) is 86.0 cm³/mol. The third-order valence-corrected chi connectivity index (χ3v) is 3.92. The van der Waals surface area contributed by atoms with Gasteiger partial charge in [0.15, 0.2) is 5.16 Å². The molecule has 2 N–H and O–H groups in total. The number of nitrogens with zero attached hydrogens (tertiary/aromatic N) is 3. The highest BCUT2D eigenvalue weighted by atomic mass is 32.2. The Morgan fingerprint density at radius 1 is 1.30 bits per heavy atom. The van der Waals surface area contributed by atoms with Crippen LogP contribution in [0.5, 0.6) is 5.75 Å². The molecule has 0 unspecified atom stereocenters. The number of ether oxygens (including phenoxy) is 1. The predicted octanol–water partition coefficient (Wildman–Crippen LogP) is 1.16. The van der Waals surface area contributed by atoms with Crippen LogP contribution in [0.25, 0.3) is 5.78 Å². The zero-order valence-corrected chi connectivity index (χ0v) is 13.0. The lowest BCUT2D eigenvalue weighted by Gasteiger charge is -2.05. The van der Waals surface area contributed by atoms with E-state index in [4.69, 9.17) is 4.74 Å². The number of H-pyrrole nitrogens is 1. The number of rotatable bonds is 5. The van der Waals surface area contributed by atoms with E-state index < -0.39 is 0 Å². The monoisotopic (exact) mass is 331 g/mol. The smallest absolute Gasteiger partial charge is 0.252 e. The molecule has 8 nitrogen and oxygen atoms in total. The first kappa shape index (κ1) is 15.1. The molecule has 0 fully saturated rings. The molecule has 3 aromatic rings. The number of amides is 1. The number of aromatic amines is 1. The molecule has 0 spiro atoms. The van der Waals surface area contributed by atoms with Crippen molar-refractivity contribution in [2.75, 3.05) is 18.2 Å². The third-order valence-electron chi connectivity index (χ3n) is 2.98. The average Bonchev–Trinajstić information content (AvgIpc) is 2.95. The average molecular weight is 331 g/mol. The van der Waals surface area contributed by atoms with Gasteiger partial charge in [-0.1, -0.05) is 11.8 Å². The summed E-state index contributed by atoms with van der Waals surface area (Å²) in [5.41, 5.74) is 0.436. The third kappa shape index (κ3) is 3.51. The molecule has 0 saturated carbocycles. The number of thioether (sulfide) groups is 1. The molecule has 1 amide bonds. The first-order chi connectivity index (χ1) is 11.2. The minimum absolute atomic E-state index is 0.165. The van der Waals surface area contributed by atoms with Gasteiger partial charge in [-0.25, -0.2) is 0 Å². The summed E-state index contributed by atoms with van der Waals surface area (Å²) in [5, 5.41) is 11.1. The lowest BCUT2D eigenvalue weighted by atomic mass is 10.3. The van der Waals surface area contributed by atoms with Gasteiger partial charge in [0.2, 0.25) is 11.7 Å². The van der Waals surface area contributed by atoms with Crippen LogP contribution in [0, 0.1) is 0 Å². The number of nitrogens with one attached hydrogen (secondary N) is 2. The normalized spacial score (nSPS) is 10.7. The molecule has 2 heterocycles. The number of fused-ring (bicyclic) bond motifs is 1. The maximum absolute atomic E-state index is 12.0. The zero-order valence-electron chi connectivity index (χ0n) is 12.1. The van der Waals surface area contributed by atoms with E-state index in [9.17, 15) is 9.59 Å². The van der Waals surface area contributed by atoms with Crippen molar-refractivity contribution in [3.8, 4) is 5.75 Å². The summed E-state index contributed by atoms with van der Waals surface area (Å²) in [6.07, 6.45) is 1.57. The van der Waals surface area contributed by atoms with Gasteiger partial charge in [-0.3, -0.25) is 19.0 Å². The topological polar surface area (TPSA) is 101 Å². The van der Waals surface area contributed by atoms with Gasteiger partial charge in [0, 0.05) is 18.0 Å². The summed E-state index contributed by atoms with van der Waals surface area (Å²) in [4.78, 5) is 25.7. The second-order valence-corrected chi connectivity index (χ2v) is 5.49. The van der Waals surface area contributed by atoms with Gasteiger partial charge in [0.25, 0.3) is 5.56 Å². The Morgan fingerprint density at radius 2 is 2.09 bits per heavy atom. The Kier molecular flexibility index (Phi) is 4.29. The zero-order chi connectivity index (χ0) is 16.2. The van der Waals surface area contributed by atoms with Crippen molar-refractivity contribution in [2.24, 2.45) is 0 Å². The van der Waals surface area contributed by atoms with E-state index in [2.05, 4.69) is 20.5 Å². The SMILES string of the molecule is COc1ccc(NC(=O)CSc2nnc3[nH]c(=O)ccn23)cc1. The van der Waals surface area contributed by atoms with Crippen LogP contribution in [-0.4, -0.2) is 38.4 Å². The number of hydrogen-bond acceptors (Lipinski definition) is 6. The molecule has 2 aromatic heterocycles. The summed E-state index contributed by atoms with van der Waals surface area (Å²) in [6.45, 7) is 0. The van der Waals surface area contributed by atoms with E-state index in [1.165, 1.54) is 17.8 Å². The largest absolute Gasteiger partial charge is 0.497 e. The van der Waals surface area contributed by atoms with E-state index in [0.29, 0.717) is 16.6 Å². The van der Waals surface area contributed by atoms with Crippen LogP contribution < -0.4 is 15.6 Å². The molecule has 23 heavy (non-hydrogen) atoms. The minimum Gasteiger partial charge on any atom is -0.497 e. The number of aromatic nitrogens is 4. The Hall–Kier alpha value is -2.81. The van der Waals surface area contributed by atoms with Crippen LogP contribution >= 0.6 is 11.8 Å². The van der Waals surface area contributed by atoms with Crippen LogP contribution in [0.2, 0.25) is 0 Å². The van der Waals surface area contributed by atoms with E-state index in [0.717, 1.165) is 5.75 Å². The van der Waals surface area contributed by atoms with Gasteiger partial charge in [-0.2, -0.15) is 0 Å². The van der Waals surface area contributed by atoms with Gasteiger partial charge >= 0.3 is 0 Å². The molecular weight excluding hydrogens is 318 g/mol. The van der Waals surface area contributed by atoms with Crippen LogP contribution in [0.15, 0.2) is 46.5 Å². The summed E-state index contributed by atoms with van der Waals surface area (Å²) in [7, 11) is 1.58. The van der Waals surface area contributed by atoms with Crippen molar-refractivity contribution in [3.05, 3.63) is 46.9 Å². The fourth-order valence-electron chi connectivity index (χ4n) is 1.89. The molecule has 0 radical (unpaired) electrons. The number of anilines is 1. The van der Waals surface area contributed by atoms with Gasteiger partial charge in [0.1, 0.15) is 5.75 Å².